The molecule has 1 amide bonds. The van der Waals surface area contributed by atoms with Crippen LogP contribution in [0.1, 0.15) is 11.1 Å². The van der Waals surface area contributed by atoms with Crippen LogP contribution < -0.4 is 10.7 Å². The first-order chi connectivity index (χ1) is 10.6. The van der Waals surface area contributed by atoms with E-state index in [4.69, 9.17) is 0 Å². The highest BCUT2D eigenvalue weighted by Crippen LogP contribution is 2.25. The number of amides is 1. The summed E-state index contributed by atoms with van der Waals surface area (Å²) in [6.45, 7) is 0. The van der Waals surface area contributed by atoms with Crippen molar-refractivity contribution in [2.24, 2.45) is 5.10 Å². The number of benzene rings is 2. The van der Waals surface area contributed by atoms with E-state index in [0.717, 1.165) is 24.0 Å². The molecule has 0 aliphatic heterocycles. The molecule has 114 valence electrons. The Balaban J connectivity index is 1.96. The first-order valence-corrected chi connectivity index (χ1v) is 8.78. The van der Waals surface area contributed by atoms with Crippen molar-refractivity contribution in [1.29, 1.82) is 0 Å². The smallest absolute Gasteiger partial charge is 0.244 e. The van der Waals surface area contributed by atoms with Crippen LogP contribution in [0.5, 0.6) is 0 Å². The fourth-order valence-corrected chi connectivity index (χ4v) is 4.26. The summed E-state index contributed by atoms with van der Waals surface area (Å²) >= 11 is 4.55. The largest absolute Gasteiger partial charge is 0.386 e. The van der Waals surface area contributed by atoms with Crippen molar-refractivity contribution < 1.29 is 4.79 Å². The van der Waals surface area contributed by atoms with Gasteiger partial charge in [-0.25, -0.2) is 5.43 Å². The van der Waals surface area contributed by atoms with Crippen LogP contribution in [0, 0.1) is 7.14 Å². The number of hydrogen-bond acceptors (Lipinski definition) is 3. The molecule has 0 fully saturated rings. The average Bonchev–Trinajstić information content (AvgIpc) is 2.48. The molecule has 0 aliphatic rings. The van der Waals surface area contributed by atoms with Crippen molar-refractivity contribution in [2.75, 3.05) is 12.4 Å². The van der Waals surface area contributed by atoms with Crippen LogP contribution in [0.4, 0.5) is 5.69 Å². The van der Waals surface area contributed by atoms with Gasteiger partial charge in [-0.05, 0) is 68.4 Å². The van der Waals surface area contributed by atoms with Gasteiger partial charge in [0.1, 0.15) is 0 Å². The number of nitrogens with one attached hydrogen (secondary N) is 2. The summed E-state index contributed by atoms with van der Waals surface area (Å²) in [5, 5.41) is 7.19. The second-order valence-electron chi connectivity index (χ2n) is 4.57. The summed E-state index contributed by atoms with van der Waals surface area (Å²) in [5.41, 5.74) is 5.58. The lowest BCUT2D eigenvalue weighted by atomic mass is 10.1. The summed E-state index contributed by atoms with van der Waals surface area (Å²) in [4.78, 5) is 11.8. The number of carbonyl (C=O) groups excluding carboxylic acids is 1. The maximum absolute atomic E-state index is 11.8. The predicted molar refractivity (Wildman–Crippen MR) is 107 cm³/mol. The van der Waals surface area contributed by atoms with Gasteiger partial charge in [0.15, 0.2) is 0 Å². The van der Waals surface area contributed by atoms with Gasteiger partial charge in [-0.1, -0.05) is 30.3 Å². The molecule has 0 aliphatic carbocycles. The Bertz CT molecular complexity index is 664. The molecule has 2 N–H and O–H groups in total. The Labute approximate surface area is 157 Å². The van der Waals surface area contributed by atoms with Gasteiger partial charge >= 0.3 is 0 Å². The van der Waals surface area contributed by atoms with E-state index in [-0.39, 0.29) is 5.91 Å². The standard InChI is InChI=1S/C16H15I2N3O/c1-19-16-13(17)7-12(8-14(16)18)10-20-21-15(22)9-11-5-3-2-4-6-11/h2-8,10,19H,9H2,1H3,(H,21,22)/b20-10-. The molecule has 0 atom stereocenters. The molecule has 0 spiro atoms. The molecule has 0 aromatic heterocycles. The van der Waals surface area contributed by atoms with Gasteiger partial charge in [0, 0.05) is 14.2 Å². The van der Waals surface area contributed by atoms with Crippen LogP contribution in [0.2, 0.25) is 0 Å². The van der Waals surface area contributed by atoms with Crippen LogP contribution in [0.3, 0.4) is 0 Å². The summed E-state index contributed by atoms with van der Waals surface area (Å²) in [6.07, 6.45) is 1.98. The fraction of sp³-hybridized carbons (Fsp3) is 0.125. The third-order valence-corrected chi connectivity index (χ3v) is 4.63. The zero-order valence-electron chi connectivity index (χ0n) is 11.9. The number of hydrogen-bond donors (Lipinski definition) is 2. The minimum absolute atomic E-state index is 0.126. The minimum atomic E-state index is -0.126. The quantitative estimate of drug-likeness (QED) is 0.361. The van der Waals surface area contributed by atoms with Crippen molar-refractivity contribution in [3.05, 3.63) is 60.7 Å². The van der Waals surface area contributed by atoms with Crippen molar-refractivity contribution in [2.45, 2.75) is 6.42 Å². The molecule has 4 nitrogen and oxygen atoms in total. The zero-order chi connectivity index (χ0) is 15.9. The van der Waals surface area contributed by atoms with Gasteiger partial charge in [0.2, 0.25) is 5.91 Å². The number of hydrazone groups is 1. The van der Waals surface area contributed by atoms with Gasteiger partial charge < -0.3 is 5.32 Å². The lowest BCUT2D eigenvalue weighted by Crippen LogP contribution is -2.19. The van der Waals surface area contributed by atoms with E-state index in [9.17, 15) is 4.79 Å². The molecular weight excluding hydrogens is 504 g/mol. The minimum Gasteiger partial charge on any atom is -0.386 e. The van der Waals surface area contributed by atoms with Gasteiger partial charge in [0.25, 0.3) is 0 Å². The topological polar surface area (TPSA) is 53.5 Å². The van der Waals surface area contributed by atoms with Crippen molar-refractivity contribution in [3.8, 4) is 0 Å². The Morgan fingerprint density at radius 3 is 2.41 bits per heavy atom. The lowest BCUT2D eigenvalue weighted by Gasteiger charge is -2.07. The van der Waals surface area contributed by atoms with E-state index in [1.54, 1.807) is 6.21 Å². The fourth-order valence-electron chi connectivity index (χ4n) is 1.91. The molecule has 0 heterocycles. The normalized spacial score (nSPS) is 10.7. The zero-order valence-corrected chi connectivity index (χ0v) is 16.3. The Hall–Kier alpha value is -1.16. The maximum atomic E-state index is 11.8. The second kappa shape index (κ2) is 8.47. The molecule has 0 bridgehead atoms. The first-order valence-electron chi connectivity index (χ1n) is 6.63. The Morgan fingerprint density at radius 2 is 1.82 bits per heavy atom. The third kappa shape index (κ3) is 4.94. The second-order valence-corrected chi connectivity index (χ2v) is 6.89. The highest BCUT2D eigenvalue weighted by atomic mass is 127. The number of halogens is 2. The Morgan fingerprint density at radius 1 is 1.18 bits per heavy atom. The van der Waals surface area contributed by atoms with Crippen LogP contribution in [-0.2, 0) is 11.2 Å². The highest BCUT2D eigenvalue weighted by Gasteiger charge is 2.05. The average molecular weight is 519 g/mol. The van der Waals surface area contributed by atoms with Crippen molar-refractivity contribution in [1.82, 2.24) is 5.43 Å². The highest BCUT2D eigenvalue weighted by molar-refractivity contribution is 14.1. The molecule has 22 heavy (non-hydrogen) atoms. The maximum Gasteiger partial charge on any atom is 0.244 e. The van der Waals surface area contributed by atoms with E-state index >= 15 is 0 Å². The van der Waals surface area contributed by atoms with Gasteiger partial charge in [-0.3, -0.25) is 4.79 Å². The van der Waals surface area contributed by atoms with E-state index in [1.165, 1.54) is 0 Å². The van der Waals surface area contributed by atoms with Gasteiger partial charge in [0.05, 0.1) is 18.3 Å². The van der Waals surface area contributed by atoms with Crippen molar-refractivity contribution in [3.63, 3.8) is 0 Å². The molecule has 0 saturated heterocycles. The van der Waals surface area contributed by atoms with Crippen LogP contribution in [0.25, 0.3) is 0 Å². The third-order valence-electron chi connectivity index (χ3n) is 2.92. The summed E-state index contributed by atoms with van der Waals surface area (Å²) in [7, 11) is 1.90. The monoisotopic (exact) mass is 519 g/mol. The summed E-state index contributed by atoms with van der Waals surface area (Å²) in [6, 6.07) is 13.6. The number of carbonyl (C=O) groups is 1. The van der Waals surface area contributed by atoms with E-state index in [2.05, 4.69) is 61.0 Å². The molecule has 0 unspecified atom stereocenters. The molecule has 2 rings (SSSR count). The Kier molecular flexibility index (Phi) is 6.62. The van der Waals surface area contributed by atoms with E-state index in [0.29, 0.717) is 6.42 Å². The van der Waals surface area contributed by atoms with E-state index in [1.807, 2.05) is 49.5 Å². The number of nitrogens with zero attached hydrogens (tertiary/aromatic N) is 1. The van der Waals surface area contributed by atoms with E-state index < -0.39 is 0 Å². The molecule has 0 radical (unpaired) electrons. The molecule has 2 aromatic carbocycles. The summed E-state index contributed by atoms with van der Waals surface area (Å²) < 4.78 is 2.23. The van der Waals surface area contributed by atoms with Gasteiger partial charge in [-0.15, -0.1) is 0 Å². The molecule has 0 saturated carbocycles. The van der Waals surface area contributed by atoms with Gasteiger partial charge in [-0.2, -0.15) is 5.10 Å². The number of rotatable bonds is 5. The van der Waals surface area contributed by atoms with Crippen LogP contribution in [0.15, 0.2) is 47.6 Å². The van der Waals surface area contributed by atoms with Crippen molar-refractivity contribution >= 4 is 63.0 Å². The first kappa shape index (κ1) is 17.2. The number of anilines is 1. The van der Waals surface area contributed by atoms with Crippen LogP contribution >= 0.6 is 45.2 Å². The lowest BCUT2D eigenvalue weighted by molar-refractivity contribution is -0.120. The molecular formula is C16H15I2N3O. The molecule has 6 heteroatoms. The predicted octanol–water partition coefficient (Wildman–Crippen LogP) is 3.63. The molecule has 2 aromatic rings. The summed E-state index contributed by atoms with van der Waals surface area (Å²) in [5.74, 6) is -0.126. The SMILES string of the molecule is CNc1c(I)cc(/C=N\NC(=O)Cc2ccccc2)cc1I. The van der Waals surface area contributed by atoms with Crippen LogP contribution in [-0.4, -0.2) is 19.2 Å².